The molecule has 3 aromatic carbocycles. The van der Waals surface area contributed by atoms with Crippen LogP contribution in [0.3, 0.4) is 0 Å². The van der Waals surface area contributed by atoms with Gasteiger partial charge in [0.15, 0.2) is 11.5 Å². The number of carbonyl (C=O) groups is 1. The molecular formula is C30H30ClNO4. The van der Waals surface area contributed by atoms with Gasteiger partial charge < -0.3 is 19.5 Å². The van der Waals surface area contributed by atoms with Crippen LogP contribution in [0.25, 0.3) is 6.08 Å². The highest BCUT2D eigenvalue weighted by Gasteiger charge is 2.26. The minimum Gasteiger partial charge on any atom is -0.493 e. The lowest BCUT2D eigenvalue weighted by Crippen LogP contribution is -2.35. The molecule has 3 aromatic rings. The van der Waals surface area contributed by atoms with Crippen LogP contribution in [-0.4, -0.2) is 25.7 Å². The number of amides is 1. The quantitative estimate of drug-likeness (QED) is 0.348. The predicted octanol–water partition coefficient (Wildman–Crippen LogP) is 7.15. The molecule has 6 heteroatoms. The topological polar surface area (TPSA) is 56.8 Å². The van der Waals surface area contributed by atoms with Crippen LogP contribution in [-0.2, 0) is 4.79 Å². The Morgan fingerprint density at radius 3 is 2.53 bits per heavy atom. The van der Waals surface area contributed by atoms with Gasteiger partial charge in [0, 0.05) is 23.1 Å². The standard InChI is InChI=1S/C30H30ClNO4/c1-34-28-14-9-21(18-29(28)36-25-6-2-3-7-25)23-17-22(30(33)32-19-23)15-20-5-4-8-27(16-20)35-26-12-10-24(31)11-13-26/h4-5,8-16,18,23,25H,2-3,6-7,17,19H2,1H3,(H,32,33)/t23-/m1/s1. The van der Waals surface area contributed by atoms with Gasteiger partial charge in [0.05, 0.1) is 13.2 Å². The number of halogens is 1. The maximum Gasteiger partial charge on any atom is 0.247 e. The monoisotopic (exact) mass is 503 g/mol. The zero-order valence-electron chi connectivity index (χ0n) is 20.3. The number of nitrogens with one attached hydrogen (secondary N) is 1. The van der Waals surface area contributed by atoms with Crippen LogP contribution >= 0.6 is 11.6 Å². The van der Waals surface area contributed by atoms with Crippen molar-refractivity contribution < 1.29 is 19.0 Å². The summed E-state index contributed by atoms with van der Waals surface area (Å²) in [6.07, 6.45) is 7.42. The first-order chi connectivity index (χ1) is 17.6. The highest BCUT2D eigenvalue weighted by Crippen LogP contribution is 2.37. The smallest absolute Gasteiger partial charge is 0.247 e. The van der Waals surface area contributed by atoms with E-state index in [-0.39, 0.29) is 17.9 Å². The molecule has 0 radical (unpaired) electrons. The fraction of sp³-hybridized carbons (Fsp3) is 0.300. The zero-order valence-corrected chi connectivity index (χ0v) is 21.1. The van der Waals surface area contributed by atoms with Crippen LogP contribution < -0.4 is 19.5 Å². The van der Waals surface area contributed by atoms with Crippen molar-refractivity contribution in [2.75, 3.05) is 13.7 Å². The van der Waals surface area contributed by atoms with Gasteiger partial charge in [0.1, 0.15) is 11.5 Å². The molecule has 1 aliphatic heterocycles. The van der Waals surface area contributed by atoms with E-state index in [4.69, 9.17) is 25.8 Å². The minimum absolute atomic E-state index is 0.0359. The number of ether oxygens (including phenoxy) is 3. The average molecular weight is 504 g/mol. The number of rotatable bonds is 7. The average Bonchev–Trinajstić information content (AvgIpc) is 3.40. The Morgan fingerprint density at radius 1 is 0.944 bits per heavy atom. The zero-order chi connectivity index (χ0) is 24.9. The first kappa shape index (κ1) is 24.3. The molecule has 2 aliphatic rings. The van der Waals surface area contributed by atoms with Crippen molar-refractivity contribution in [3.05, 3.63) is 88.5 Å². The molecule has 0 bridgehead atoms. The van der Waals surface area contributed by atoms with E-state index in [0.717, 1.165) is 41.0 Å². The summed E-state index contributed by atoms with van der Waals surface area (Å²) in [5.41, 5.74) is 2.78. The van der Waals surface area contributed by atoms with Crippen LogP contribution in [0.4, 0.5) is 0 Å². The molecule has 2 fully saturated rings. The Morgan fingerprint density at radius 2 is 1.75 bits per heavy atom. The van der Waals surface area contributed by atoms with Crippen LogP contribution in [0.5, 0.6) is 23.0 Å². The molecule has 0 spiro atoms. The van der Waals surface area contributed by atoms with E-state index in [1.165, 1.54) is 12.8 Å². The van der Waals surface area contributed by atoms with Crippen molar-refractivity contribution >= 4 is 23.6 Å². The van der Waals surface area contributed by atoms with Crippen LogP contribution in [0.2, 0.25) is 5.02 Å². The minimum atomic E-state index is -0.0359. The molecule has 186 valence electrons. The Labute approximate surface area is 217 Å². The van der Waals surface area contributed by atoms with Crippen LogP contribution in [0, 0.1) is 0 Å². The second-order valence-corrected chi connectivity index (χ2v) is 9.78. The lowest BCUT2D eigenvalue weighted by molar-refractivity contribution is -0.118. The molecule has 1 atom stereocenters. The molecule has 1 heterocycles. The van der Waals surface area contributed by atoms with Gasteiger partial charge >= 0.3 is 0 Å². The van der Waals surface area contributed by atoms with Gasteiger partial charge in [-0.2, -0.15) is 0 Å². The van der Waals surface area contributed by atoms with E-state index in [1.54, 1.807) is 19.2 Å². The summed E-state index contributed by atoms with van der Waals surface area (Å²) in [5, 5.41) is 3.72. The summed E-state index contributed by atoms with van der Waals surface area (Å²) < 4.78 is 17.8. The number of benzene rings is 3. The summed E-state index contributed by atoms with van der Waals surface area (Å²) in [5.74, 6) is 3.05. The molecule has 1 saturated heterocycles. The van der Waals surface area contributed by atoms with E-state index in [1.807, 2.05) is 48.5 Å². The van der Waals surface area contributed by atoms with E-state index >= 15 is 0 Å². The third kappa shape index (κ3) is 5.85. The molecule has 5 nitrogen and oxygen atoms in total. The molecule has 1 saturated carbocycles. The van der Waals surface area contributed by atoms with E-state index in [9.17, 15) is 4.79 Å². The van der Waals surface area contributed by atoms with Gasteiger partial charge in [-0.3, -0.25) is 4.79 Å². The van der Waals surface area contributed by atoms with Crippen LogP contribution in [0.15, 0.2) is 72.3 Å². The summed E-state index contributed by atoms with van der Waals surface area (Å²) in [4.78, 5) is 12.7. The highest BCUT2D eigenvalue weighted by molar-refractivity contribution is 6.30. The molecule has 36 heavy (non-hydrogen) atoms. The van der Waals surface area contributed by atoms with Gasteiger partial charge in [-0.1, -0.05) is 29.8 Å². The third-order valence-corrected chi connectivity index (χ3v) is 7.02. The number of hydrogen-bond acceptors (Lipinski definition) is 4. The summed E-state index contributed by atoms with van der Waals surface area (Å²) in [7, 11) is 1.67. The molecule has 0 aromatic heterocycles. The van der Waals surface area contributed by atoms with Crippen molar-refractivity contribution in [2.24, 2.45) is 0 Å². The fourth-order valence-corrected chi connectivity index (χ4v) is 4.98. The number of piperidine rings is 1. The van der Waals surface area contributed by atoms with Crippen molar-refractivity contribution in [1.82, 2.24) is 5.32 Å². The maximum atomic E-state index is 12.7. The van der Waals surface area contributed by atoms with Gasteiger partial charge in [-0.05, 0) is 97.8 Å². The van der Waals surface area contributed by atoms with E-state index in [2.05, 4.69) is 17.4 Å². The van der Waals surface area contributed by atoms with Crippen molar-refractivity contribution in [3.63, 3.8) is 0 Å². The molecule has 0 unspecified atom stereocenters. The Bertz CT molecular complexity index is 1250. The second-order valence-electron chi connectivity index (χ2n) is 9.34. The SMILES string of the molecule is COc1ccc([C@H]2CNC(=O)C(=Cc3cccc(Oc4ccc(Cl)cc4)c3)C2)cc1OC1CCCC1. The predicted molar refractivity (Wildman–Crippen MR) is 142 cm³/mol. The van der Waals surface area contributed by atoms with Gasteiger partial charge in [0.2, 0.25) is 5.91 Å². The lowest BCUT2D eigenvalue weighted by atomic mass is 9.87. The Balaban J connectivity index is 1.33. The molecule has 5 rings (SSSR count). The fourth-order valence-electron chi connectivity index (χ4n) is 4.85. The van der Waals surface area contributed by atoms with Gasteiger partial charge in [-0.25, -0.2) is 0 Å². The van der Waals surface area contributed by atoms with Crippen LogP contribution in [0.1, 0.15) is 49.1 Å². The summed E-state index contributed by atoms with van der Waals surface area (Å²) in [6.45, 7) is 0.588. The number of hydrogen-bond donors (Lipinski definition) is 1. The highest BCUT2D eigenvalue weighted by atomic mass is 35.5. The second kappa shape index (κ2) is 11.1. The molecular weight excluding hydrogens is 474 g/mol. The number of methoxy groups -OCH3 is 1. The first-order valence-corrected chi connectivity index (χ1v) is 12.8. The van der Waals surface area contributed by atoms with Gasteiger partial charge in [-0.15, -0.1) is 0 Å². The third-order valence-electron chi connectivity index (χ3n) is 6.77. The molecule has 1 aliphatic carbocycles. The van der Waals surface area contributed by atoms with E-state index < -0.39 is 0 Å². The van der Waals surface area contributed by atoms with Crippen molar-refractivity contribution in [1.29, 1.82) is 0 Å². The largest absolute Gasteiger partial charge is 0.493 e. The van der Waals surface area contributed by atoms with Crippen molar-refractivity contribution in [3.8, 4) is 23.0 Å². The normalized spacial score (nSPS) is 19.2. The Kier molecular flexibility index (Phi) is 7.47. The summed E-state index contributed by atoms with van der Waals surface area (Å²) in [6, 6.07) is 21.1. The Hall–Kier alpha value is -3.44. The van der Waals surface area contributed by atoms with E-state index in [0.29, 0.717) is 29.5 Å². The maximum absolute atomic E-state index is 12.7. The molecule has 1 N–H and O–H groups in total. The first-order valence-electron chi connectivity index (χ1n) is 12.4. The number of carbonyl (C=O) groups excluding carboxylic acids is 1. The molecule has 1 amide bonds. The van der Waals surface area contributed by atoms with Crippen molar-refractivity contribution in [2.45, 2.75) is 44.1 Å². The lowest BCUT2D eigenvalue weighted by Gasteiger charge is -2.26. The van der Waals surface area contributed by atoms with Gasteiger partial charge in [0.25, 0.3) is 0 Å². The summed E-state index contributed by atoms with van der Waals surface area (Å²) >= 11 is 5.97.